The van der Waals surface area contributed by atoms with Crippen molar-refractivity contribution in [2.75, 3.05) is 11.9 Å². The van der Waals surface area contributed by atoms with E-state index in [0.717, 1.165) is 41.2 Å². The maximum Gasteiger partial charge on any atom is 0.219 e. The molecule has 1 aliphatic heterocycles. The fourth-order valence-electron chi connectivity index (χ4n) is 3.62. The number of anilines is 2. The molecule has 1 amide bonds. The molecular formula is C21H24N6O. The van der Waals surface area contributed by atoms with Gasteiger partial charge < -0.3 is 10.2 Å². The molecule has 0 unspecified atom stereocenters. The Morgan fingerprint density at radius 1 is 1.36 bits per heavy atom. The molecule has 0 radical (unpaired) electrons. The van der Waals surface area contributed by atoms with Crippen LogP contribution in [0, 0.1) is 0 Å². The van der Waals surface area contributed by atoms with Gasteiger partial charge in [-0.2, -0.15) is 10.2 Å². The van der Waals surface area contributed by atoms with Crippen molar-refractivity contribution >= 4 is 17.4 Å². The van der Waals surface area contributed by atoms with E-state index in [-0.39, 0.29) is 5.91 Å². The van der Waals surface area contributed by atoms with Gasteiger partial charge in [-0.25, -0.2) is 0 Å². The van der Waals surface area contributed by atoms with Crippen LogP contribution in [0.2, 0.25) is 0 Å². The molecule has 28 heavy (non-hydrogen) atoms. The first-order valence-electron chi connectivity index (χ1n) is 9.36. The molecule has 0 aliphatic carbocycles. The zero-order chi connectivity index (χ0) is 19.7. The van der Waals surface area contributed by atoms with Gasteiger partial charge in [0, 0.05) is 55.6 Å². The van der Waals surface area contributed by atoms with Gasteiger partial charge in [-0.15, -0.1) is 6.58 Å². The Kier molecular flexibility index (Phi) is 4.73. The zero-order valence-corrected chi connectivity index (χ0v) is 16.2. The smallest absolute Gasteiger partial charge is 0.219 e. The van der Waals surface area contributed by atoms with Crippen LogP contribution >= 0.6 is 0 Å². The maximum atomic E-state index is 11.9. The summed E-state index contributed by atoms with van der Waals surface area (Å²) < 4.78 is 3.77. The van der Waals surface area contributed by atoms with Gasteiger partial charge >= 0.3 is 0 Å². The number of nitrogens with one attached hydrogen (secondary N) is 1. The molecule has 0 saturated heterocycles. The average Bonchev–Trinajstić information content (AvgIpc) is 3.26. The Morgan fingerprint density at radius 3 is 2.93 bits per heavy atom. The second-order valence-electron chi connectivity index (χ2n) is 7.04. The molecule has 0 saturated carbocycles. The summed E-state index contributed by atoms with van der Waals surface area (Å²) in [5, 5.41) is 12.5. The molecule has 1 aromatic carbocycles. The Balaban J connectivity index is 1.66. The van der Waals surface area contributed by atoms with E-state index in [1.54, 1.807) is 11.6 Å². The highest BCUT2D eigenvalue weighted by atomic mass is 16.2. The van der Waals surface area contributed by atoms with Crippen molar-refractivity contribution in [1.82, 2.24) is 24.5 Å². The highest BCUT2D eigenvalue weighted by Gasteiger charge is 2.26. The quantitative estimate of drug-likeness (QED) is 0.695. The van der Waals surface area contributed by atoms with Crippen molar-refractivity contribution in [3.63, 3.8) is 0 Å². The van der Waals surface area contributed by atoms with Crippen LogP contribution in [-0.4, -0.2) is 36.9 Å². The molecule has 7 heteroatoms. The molecule has 1 N–H and O–H groups in total. The lowest BCUT2D eigenvalue weighted by Crippen LogP contribution is -2.34. The second-order valence-corrected chi connectivity index (χ2v) is 7.04. The van der Waals surface area contributed by atoms with Gasteiger partial charge in [0.15, 0.2) is 5.82 Å². The van der Waals surface area contributed by atoms with Crippen LogP contribution in [0.3, 0.4) is 0 Å². The largest absolute Gasteiger partial charge is 0.338 e. The minimum atomic E-state index is 0.0895. The van der Waals surface area contributed by atoms with Crippen LogP contribution in [0.1, 0.15) is 18.2 Å². The standard InChI is InChI=1S/C21H24N6O/c1-4-9-27-20-8-10-26(15(2)28)14-19(20)21(24-27)23-18-7-5-6-16(11-18)17-12-22-25(3)13-17/h4-7,11-13H,1,8-10,14H2,2-3H3,(H,23,24). The van der Waals surface area contributed by atoms with E-state index in [1.807, 2.05) is 47.2 Å². The Morgan fingerprint density at radius 2 is 2.21 bits per heavy atom. The molecule has 7 nitrogen and oxygen atoms in total. The number of rotatable bonds is 5. The van der Waals surface area contributed by atoms with Crippen LogP contribution in [-0.2, 0) is 31.4 Å². The number of aryl methyl sites for hydroxylation is 1. The van der Waals surface area contributed by atoms with Gasteiger partial charge in [-0.3, -0.25) is 14.2 Å². The van der Waals surface area contributed by atoms with E-state index < -0.39 is 0 Å². The molecule has 1 aliphatic rings. The monoisotopic (exact) mass is 376 g/mol. The molecular weight excluding hydrogens is 352 g/mol. The number of hydrogen-bond acceptors (Lipinski definition) is 4. The first-order valence-corrected chi connectivity index (χ1v) is 9.36. The summed E-state index contributed by atoms with van der Waals surface area (Å²) in [5.74, 6) is 0.887. The normalized spacial score (nSPS) is 13.3. The number of hydrogen-bond donors (Lipinski definition) is 1. The van der Waals surface area contributed by atoms with Crippen molar-refractivity contribution in [1.29, 1.82) is 0 Å². The summed E-state index contributed by atoms with van der Waals surface area (Å²) in [6.45, 7) is 7.40. The Bertz CT molecular complexity index is 1030. The molecule has 144 valence electrons. The highest BCUT2D eigenvalue weighted by Crippen LogP contribution is 2.30. The predicted molar refractivity (Wildman–Crippen MR) is 109 cm³/mol. The minimum Gasteiger partial charge on any atom is -0.338 e. The summed E-state index contributed by atoms with van der Waals surface area (Å²) in [4.78, 5) is 13.7. The number of nitrogens with zero attached hydrogens (tertiary/aromatic N) is 5. The van der Waals surface area contributed by atoms with Crippen LogP contribution in [0.4, 0.5) is 11.5 Å². The summed E-state index contributed by atoms with van der Waals surface area (Å²) in [6.07, 6.45) is 6.49. The van der Waals surface area contributed by atoms with E-state index in [2.05, 4.69) is 29.1 Å². The first-order chi connectivity index (χ1) is 13.5. The third-order valence-corrected chi connectivity index (χ3v) is 5.04. The SMILES string of the molecule is C=CCn1nc(Nc2cccc(-c3cnn(C)c3)c2)c2c1CCN(C(C)=O)C2. The highest BCUT2D eigenvalue weighted by molar-refractivity contribution is 5.75. The number of carbonyl (C=O) groups excluding carboxylic acids is 1. The molecule has 3 heterocycles. The van der Waals surface area contributed by atoms with Gasteiger partial charge in [0.2, 0.25) is 5.91 Å². The molecule has 0 atom stereocenters. The lowest BCUT2D eigenvalue weighted by atomic mass is 10.1. The fraction of sp³-hybridized carbons (Fsp3) is 0.286. The third-order valence-electron chi connectivity index (χ3n) is 5.04. The summed E-state index contributed by atoms with van der Waals surface area (Å²) >= 11 is 0. The van der Waals surface area contributed by atoms with Crippen LogP contribution in [0.5, 0.6) is 0 Å². The molecule has 4 rings (SSSR count). The number of aromatic nitrogens is 4. The van der Waals surface area contributed by atoms with E-state index in [0.29, 0.717) is 13.1 Å². The Hall–Kier alpha value is -3.35. The number of amides is 1. The van der Waals surface area contributed by atoms with Gasteiger partial charge in [-0.1, -0.05) is 18.2 Å². The molecule has 3 aromatic rings. The van der Waals surface area contributed by atoms with Crippen LogP contribution < -0.4 is 5.32 Å². The minimum absolute atomic E-state index is 0.0895. The zero-order valence-electron chi connectivity index (χ0n) is 16.2. The lowest BCUT2D eigenvalue weighted by molar-refractivity contribution is -0.129. The summed E-state index contributed by atoms with van der Waals surface area (Å²) in [7, 11) is 1.91. The number of benzene rings is 1. The van der Waals surface area contributed by atoms with Crippen molar-refractivity contribution < 1.29 is 4.79 Å². The van der Waals surface area contributed by atoms with Gasteiger partial charge in [-0.05, 0) is 17.7 Å². The molecule has 0 fully saturated rings. The van der Waals surface area contributed by atoms with E-state index >= 15 is 0 Å². The maximum absolute atomic E-state index is 11.9. The molecule has 2 aromatic heterocycles. The average molecular weight is 376 g/mol. The number of allylic oxidation sites excluding steroid dienone is 1. The summed E-state index contributed by atoms with van der Waals surface area (Å²) in [6, 6.07) is 8.18. The van der Waals surface area contributed by atoms with Gasteiger partial charge in [0.1, 0.15) is 0 Å². The van der Waals surface area contributed by atoms with Crippen LogP contribution in [0.25, 0.3) is 11.1 Å². The van der Waals surface area contributed by atoms with Crippen LogP contribution in [0.15, 0.2) is 49.3 Å². The summed E-state index contributed by atoms with van der Waals surface area (Å²) in [5.41, 5.74) is 5.35. The Labute approximate surface area is 164 Å². The molecule has 0 spiro atoms. The van der Waals surface area contributed by atoms with Crippen molar-refractivity contribution in [3.8, 4) is 11.1 Å². The third kappa shape index (κ3) is 3.43. The second kappa shape index (κ2) is 7.34. The number of carbonyl (C=O) groups is 1. The lowest BCUT2D eigenvalue weighted by Gasteiger charge is -2.26. The van der Waals surface area contributed by atoms with Gasteiger partial charge in [0.25, 0.3) is 0 Å². The van der Waals surface area contributed by atoms with E-state index in [9.17, 15) is 4.79 Å². The predicted octanol–water partition coefficient (Wildman–Crippen LogP) is 3.12. The van der Waals surface area contributed by atoms with Crippen molar-refractivity contribution in [3.05, 3.63) is 60.6 Å². The van der Waals surface area contributed by atoms with E-state index in [1.165, 1.54) is 5.69 Å². The topological polar surface area (TPSA) is 68.0 Å². The van der Waals surface area contributed by atoms with Crippen molar-refractivity contribution in [2.24, 2.45) is 7.05 Å². The van der Waals surface area contributed by atoms with Gasteiger partial charge in [0.05, 0.1) is 19.3 Å². The molecule has 0 bridgehead atoms. The fourth-order valence-corrected chi connectivity index (χ4v) is 3.62. The van der Waals surface area contributed by atoms with Crippen molar-refractivity contribution in [2.45, 2.75) is 26.4 Å². The number of fused-ring (bicyclic) bond motifs is 1. The first kappa shape index (κ1) is 18.0. The van der Waals surface area contributed by atoms with E-state index in [4.69, 9.17) is 5.10 Å².